The van der Waals surface area contributed by atoms with Crippen molar-refractivity contribution in [1.82, 2.24) is 5.43 Å². The number of hydrogen-bond acceptors (Lipinski definition) is 5. The van der Waals surface area contributed by atoms with Crippen molar-refractivity contribution in [3.05, 3.63) is 82.4 Å². The first-order chi connectivity index (χ1) is 12.6. The lowest BCUT2D eigenvalue weighted by atomic mass is 10.1. The molecular formula is C19H16N4O3. The Bertz CT molecular complexity index is 980. The zero-order chi connectivity index (χ0) is 18.4. The zero-order valence-corrected chi connectivity index (χ0v) is 13.8. The molecule has 0 saturated carbocycles. The molecule has 0 saturated heterocycles. The van der Waals surface area contributed by atoms with Crippen LogP contribution in [0.3, 0.4) is 0 Å². The van der Waals surface area contributed by atoms with E-state index in [0.717, 1.165) is 16.5 Å². The number of carbonyl (C=O) groups excluding carboxylic acids is 1. The molecule has 0 aromatic heterocycles. The Morgan fingerprint density at radius 1 is 1.08 bits per heavy atom. The van der Waals surface area contributed by atoms with Crippen LogP contribution in [0.1, 0.15) is 5.56 Å². The zero-order valence-electron chi connectivity index (χ0n) is 13.8. The van der Waals surface area contributed by atoms with Crippen LogP contribution in [0, 0.1) is 10.1 Å². The van der Waals surface area contributed by atoms with Gasteiger partial charge in [-0.3, -0.25) is 14.9 Å². The Balaban J connectivity index is 1.57. The fourth-order valence-electron chi connectivity index (χ4n) is 2.49. The van der Waals surface area contributed by atoms with Gasteiger partial charge in [0, 0.05) is 28.8 Å². The predicted octanol–water partition coefficient (Wildman–Crippen LogP) is 3.31. The standard InChI is InChI=1S/C19H16N4O3/c24-19(22-21-12-14-5-3-8-16(11-14)23(25)26)13-20-18-10-4-7-15-6-1-2-9-17(15)18/h1-12,20H,13H2,(H,22,24)/b21-12-. The van der Waals surface area contributed by atoms with Gasteiger partial charge in [0.25, 0.3) is 11.6 Å². The Morgan fingerprint density at radius 2 is 1.85 bits per heavy atom. The summed E-state index contributed by atoms with van der Waals surface area (Å²) in [4.78, 5) is 22.2. The summed E-state index contributed by atoms with van der Waals surface area (Å²) >= 11 is 0. The van der Waals surface area contributed by atoms with Crippen molar-refractivity contribution in [2.45, 2.75) is 0 Å². The number of benzene rings is 3. The molecular weight excluding hydrogens is 332 g/mol. The van der Waals surface area contributed by atoms with E-state index >= 15 is 0 Å². The average Bonchev–Trinajstić information content (AvgIpc) is 2.66. The summed E-state index contributed by atoms with van der Waals surface area (Å²) in [5, 5.41) is 19.8. The van der Waals surface area contributed by atoms with Gasteiger partial charge in [0.2, 0.25) is 0 Å². The van der Waals surface area contributed by atoms with Gasteiger partial charge in [-0.15, -0.1) is 0 Å². The third kappa shape index (κ3) is 4.21. The highest BCUT2D eigenvalue weighted by atomic mass is 16.6. The van der Waals surface area contributed by atoms with Gasteiger partial charge >= 0.3 is 0 Å². The Morgan fingerprint density at radius 3 is 2.69 bits per heavy atom. The monoisotopic (exact) mass is 348 g/mol. The maximum atomic E-state index is 11.9. The lowest BCUT2D eigenvalue weighted by Gasteiger charge is -2.08. The number of anilines is 1. The largest absolute Gasteiger partial charge is 0.376 e. The highest BCUT2D eigenvalue weighted by Crippen LogP contribution is 2.22. The van der Waals surface area contributed by atoms with E-state index in [4.69, 9.17) is 0 Å². The molecule has 0 aliphatic heterocycles. The quantitative estimate of drug-likeness (QED) is 0.406. The second-order valence-corrected chi connectivity index (χ2v) is 5.53. The molecule has 3 aromatic carbocycles. The van der Waals surface area contributed by atoms with E-state index in [2.05, 4.69) is 15.8 Å². The average molecular weight is 348 g/mol. The number of nitro benzene ring substituents is 1. The summed E-state index contributed by atoms with van der Waals surface area (Å²) in [6.45, 7) is 0.0558. The molecule has 3 rings (SSSR count). The Kier molecular flexibility index (Phi) is 5.19. The molecule has 0 unspecified atom stereocenters. The first-order valence-corrected chi connectivity index (χ1v) is 7.91. The van der Waals surface area contributed by atoms with Crippen LogP contribution < -0.4 is 10.7 Å². The molecule has 130 valence electrons. The van der Waals surface area contributed by atoms with E-state index in [0.29, 0.717) is 5.56 Å². The Hall–Kier alpha value is -3.74. The third-order valence-electron chi connectivity index (χ3n) is 3.71. The molecule has 0 heterocycles. The lowest BCUT2D eigenvalue weighted by Crippen LogP contribution is -2.25. The minimum absolute atomic E-state index is 0.0297. The molecule has 2 N–H and O–H groups in total. The number of carbonyl (C=O) groups is 1. The van der Waals surface area contributed by atoms with E-state index < -0.39 is 4.92 Å². The highest BCUT2D eigenvalue weighted by Gasteiger charge is 2.05. The number of nitro groups is 1. The van der Waals surface area contributed by atoms with Gasteiger partial charge in [-0.25, -0.2) is 5.43 Å². The molecule has 0 atom stereocenters. The smallest absolute Gasteiger partial charge is 0.270 e. The fourth-order valence-corrected chi connectivity index (χ4v) is 2.49. The van der Waals surface area contributed by atoms with Crippen molar-refractivity contribution in [3.8, 4) is 0 Å². The Labute approximate surface area is 149 Å². The van der Waals surface area contributed by atoms with Gasteiger partial charge in [-0.2, -0.15) is 5.10 Å². The first-order valence-electron chi connectivity index (χ1n) is 7.91. The van der Waals surface area contributed by atoms with Crippen LogP contribution in [-0.4, -0.2) is 23.6 Å². The molecule has 26 heavy (non-hydrogen) atoms. The topological polar surface area (TPSA) is 96.6 Å². The second-order valence-electron chi connectivity index (χ2n) is 5.53. The number of non-ortho nitro benzene ring substituents is 1. The van der Waals surface area contributed by atoms with E-state index in [9.17, 15) is 14.9 Å². The van der Waals surface area contributed by atoms with Gasteiger partial charge in [0.15, 0.2) is 0 Å². The third-order valence-corrected chi connectivity index (χ3v) is 3.71. The SMILES string of the molecule is O=C(CNc1cccc2ccccc12)N/N=C\c1cccc([N+](=O)[O-])c1. The summed E-state index contributed by atoms with van der Waals surface area (Å²) < 4.78 is 0. The van der Waals surface area contributed by atoms with Crippen molar-refractivity contribution < 1.29 is 9.72 Å². The number of fused-ring (bicyclic) bond motifs is 1. The maximum Gasteiger partial charge on any atom is 0.270 e. The van der Waals surface area contributed by atoms with Crippen LogP contribution in [0.15, 0.2) is 71.8 Å². The maximum absolute atomic E-state index is 11.9. The van der Waals surface area contributed by atoms with Gasteiger partial charge in [0.1, 0.15) is 0 Å². The van der Waals surface area contributed by atoms with Gasteiger partial charge in [-0.1, -0.05) is 48.5 Å². The minimum Gasteiger partial charge on any atom is -0.376 e. The predicted molar refractivity (Wildman–Crippen MR) is 101 cm³/mol. The summed E-state index contributed by atoms with van der Waals surface area (Å²) in [6.07, 6.45) is 1.36. The number of nitrogens with zero attached hydrogens (tertiary/aromatic N) is 2. The molecule has 7 heteroatoms. The van der Waals surface area contributed by atoms with Crippen molar-refractivity contribution >= 4 is 34.3 Å². The van der Waals surface area contributed by atoms with E-state index in [1.165, 1.54) is 18.3 Å². The summed E-state index contributed by atoms with van der Waals surface area (Å²) in [6, 6.07) is 19.7. The summed E-state index contributed by atoms with van der Waals surface area (Å²) in [5.74, 6) is -0.320. The van der Waals surface area contributed by atoms with Crippen LogP contribution in [0.5, 0.6) is 0 Å². The van der Waals surface area contributed by atoms with Crippen LogP contribution in [0.25, 0.3) is 10.8 Å². The van der Waals surface area contributed by atoms with Gasteiger partial charge < -0.3 is 5.32 Å². The van der Waals surface area contributed by atoms with Crippen molar-refractivity contribution in [2.24, 2.45) is 5.10 Å². The van der Waals surface area contributed by atoms with Crippen LogP contribution in [0.2, 0.25) is 0 Å². The van der Waals surface area contributed by atoms with E-state index in [1.807, 2.05) is 42.5 Å². The number of hydrazone groups is 1. The summed E-state index contributed by atoms with van der Waals surface area (Å²) in [7, 11) is 0. The molecule has 0 radical (unpaired) electrons. The minimum atomic E-state index is -0.482. The first kappa shape index (κ1) is 17.1. The van der Waals surface area contributed by atoms with Crippen LogP contribution in [-0.2, 0) is 4.79 Å². The molecule has 3 aromatic rings. The number of rotatable bonds is 6. The number of nitrogens with one attached hydrogen (secondary N) is 2. The molecule has 0 fully saturated rings. The fraction of sp³-hybridized carbons (Fsp3) is 0.0526. The van der Waals surface area contributed by atoms with Crippen LogP contribution >= 0.6 is 0 Å². The van der Waals surface area contributed by atoms with Crippen LogP contribution in [0.4, 0.5) is 11.4 Å². The molecule has 0 bridgehead atoms. The highest BCUT2D eigenvalue weighted by molar-refractivity contribution is 5.95. The van der Waals surface area contributed by atoms with Gasteiger partial charge in [-0.05, 0) is 11.5 Å². The van der Waals surface area contributed by atoms with Gasteiger partial charge in [0.05, 0.1) is 17.7 Å². The molecule has 1 amide bonds. The molecule has 0 aliphatic carbocycles. The van der Waals surface area contributed by atoms with Crippen molar-refractivity contribution in [3.63, 3.8) is 0 Å². The number of amides is 1. The van der Waals surface area contributed by atoms with Crippen molar-refractivity contribution in [1.29, 1.82) is 0 Å². The van der Waals surface area contributed by atoms with E-state index in [1.54, 1.807) is 12.1 Å². The van der Waals surface area contributed by atoms with E-state index in [-0.39, 0.29) is 18.1 Å². The number of hydrogen-bond donors (Lipinski definition) is 2. The van der Waals surface area contributed by atoms with Crippen molar-refractivity contribution in [2.75, 3.05) is 11.9 Å². The summed E-state index contributed by atoms with van der Waals surface area (Å²) in [5.41, 5.74) is 3.76. The second kappa shape index (κ2) is 7.89. The molecule has 0 aliphatic rings. The normalized spacial score (nSPS) is 10.8. The lowest BCUT2D eigenvalue weighted by molar-refractivity contribution is -0.384. The molecule has 0 spiro atoms. The molecule has 7 nitrogen and oxygen atoms in total.